The highest BCUT2D eigenvalue weighted by atomic mass is 16.5. The van der Waals surface area contributed by atoms with E-state index >= 15 is 0 Å². The molecule has 2 fully saturated rings. The van der Waals surface area contributed by atoms with Gasteiger partial charge in [0.15, 0.2) is 0 Å². The maximum Gasteiger partial charge on any atom is 0.119 e. The van der Waals surface area contributed by atoms with Gasteiger partial charge >= 0.3 is 0 Å². The number of rotatable bonds is 6. The summed E-state index contributed by atoms with van der Waals surface area (Å²) in [5.74, 6) is 0.996. The molecule has 3 rings (SSSR count). The summed E-state index contributed by atoms with van der Waals surface area (Å²) in [6.07, 6.45) is 7.32. The zero-order valence-electron chi connectivity index (χ0n) is 13.1. The van der Waals surface area contributed by atoms with E-state index in [1.807, 2.05) is 0 Å². The van der Waals surface area contributed by atoms with Crippen molar-refractivity contribution in [2.24, 2.45) is 0 Å². The van der Waals surface area contributed by atoms with E-state index in [1.165, 1.54) is 31.2 Å². The Morgan fingerprint density at radius 1 is 1.29 bits per heavy atom. The first-order valence-corrected chi connectivity index (χ1v) is 8.40. The molecule has 3 nitrogen and oxygen atoms in total. The maximum atomic E-state index is 6.17. The SMILES string of the molecule is CCCNCc1ccc(OC2CCOC3(CCC3)C2)cc1. The lowest BCUT2D eigenvalue weighted by Gasteiger charge is -2.46. The lowest BCUT2D eigenvalue weighted by Crippen LogP contribution is -2.48. The van der Waals surface area contributed by atoms with Crippen LogP contribution < -0.4 is 10.1 Å². The third-order valence-electron chi connectivity index (χ3n) is 4.69. The Morgan fingerprint density at radius 2 is 2.10 bits per heavy atom. The Balaban J connectivity index is 1.50. The van der Waals surface area contributed by atoms with Crippen molar-refractivity contribution in [1.29, 1.82) is 0 Å². The molecule has 1 saturated heterocycles. The minimum absolute atomic E-state index is 0.160. The van der Waals surface area contributed by atoms with Gasteiger partial charge in [0.2, 0.25) is 0 Å². The van der Waals surface area contributed by atoms with Crippen LogP contribution in [0.4, 0.5) is 0 Å². The van der Waals surface area contributed by atoms with Gasteiger partial charge in [0.25, 0.3) is 0 Å². The molecule has 3 heteroatoms. The lowest BCUT2D eigenvalue weighted by atomic mass is 9.74. The average Bonchev–Trinajstić information content (AvgIpc) is 2.48. The van der Waals surface area contributed by atoms with Crippen LogP contribution in [0.1, 0.15) is 51.0 Å². The predicted molar refractivity (Wildman–Crippen MR) is 84.6 cm³/mol. The van der Waals surface area contributed by atoms with Gasteiger partial charge in [0.05, 0.1) is 12.2 Å². The molecule has 2 aliphatic rings. The molecule has 1 saturated carbocycles. The van der Waals surface area contributed by atoms with Gasteiger partial charge in [0, 0.05) is 19.4 Å². The molecule has 0 amide bonds. The summed E-state index contributed by atoms with van der Waals surface area (Å²) in [4.78, 5) is 0. The molecule has 1 aromatic carbocycles. The fourth-order valence-electron chi connectivity index (χ4n) is 3.29. The summed E-state index contributed by atoms with van der Waals surface area (Å²) >= 11 is 0. The van der Waals surface area contributed by atoms with E-state index in [4.69, 9.17) is 9.47 Å². The van der Waals surface area contributed by atoms with Crippen molar-refractivity contribution in [3.63, 3.8) is 0 Å². The predicted octanol–water partition coefficient (Wildman–Crippen LogP) is 3.67. The van der Waals surface area contributed by atoms with Gasteiger partial charge < -0.3 is 14.8 Å². The smallest absolute Gasteiger partial charge is 0.119 e. The quantitative estimate of drug-likeness (QED) is 0.811. The van der Waals surface area contributed by atoms with E-state index in [2.05, 4.69) is 36.5 Å². The second-order valence-corrected chi connectivity index (χ2v) is 6.44. The Hall–Kier alpha value is -1.06. The summed E-state index contributed by atoms with van der Waals surface area (Å²) in [6.45, 7) is 5.05. The van der Waals surface area contributed by atoms with Crippen LogP contribution in [0, 0.1) is 0 Å². The Kier molecular flexibility index (Phi) is 4.81. The summed E-state index contributed by atoms with van der Waals surface area (Å²) in [5, 5.41) is 3.42. The Labute approximate surface area is 128 Å². The minimum Gasteiger partial charge on any atom is -0.490 e. The third kappa shape index (κ3) is 3.78. The minimum atomic E-state index is 0.160. The van der Waals surface area contributed by atoms with Crippen LogP contribution in [0.25, 0.3) is 0 Å². The standard InChI is InChI=1S/C18H27NO2/c1-2-11-19-14-15-4-6-16(7-5-15)21-17-8-12-20-18(13-17)9-3-10-18/h4-7,17,19H,2-3,8-14H2,1H3. The van der Waals surface area contributed by atoms with Gasteiger partial charge in [-0.15, -0.1) is 0 Å². The normalized spacial score (nSPS) is 23.8. The molecule has 1 aromatic rings. The van der Waals surface area contributed by atoms with Crippen molar-refractivity contribution in [3.05, 3.63) is 29.8 Å². The van der Waals surface area contributed by atoms with Crippen LogP contribution in [0.3, 0.4) is 0 Å². The van der Waals surface area contributed by atoms with Crippen molar-refractivity contribution in [2.75, 3.05) is 13.2 Å². The van der Waals surface area contributed by atoms with Crippen LogP contribution in [0.15, 0.2) is 24.3 Å². The van der Waals surface area contributed by atoms with Gasteiger partial charge in [-0.25, -0.2) is 0 Å². The number of nitrogens with one attached hydrogen (secondary N) is 1. The molecule has 0 aromatic heterocycles. The fraction of sp³-hybridized carbons (Fsp3) is 0.667. The molecule has 1 spiro atoms. The largest absolute Gasteiger partial charge is 0.490 e. The first-order chi connectivity index (χ1) is 10.3. The number of hydrogen-bond donors (Lipinski definition) is 1. The average molecular weight is 289 g/mol. The maximum absolute atomic E-state index is 6.17. The first kappa shape index (κ1) is 14.9. The van der Waals surface area contributed by atoms with E-state index in [-0.39, 0.29) is 5.60 Å². The molecule has 1 unspecified atom stereocenters. The van der Waals surface area contributed by atoms with E-state index in [1.54, 1.807) is 0 Å². The second-order valence-electron chi connectivity index (χ2n) is 6.44. The highest BCUT2D eigenvalue weighted by Crippen LogP contribution is 2.43. The van der Waals surface area contributed by atoms with Gasteiger partial charge in [-0.05, 0) is 49.9 Å². The van der Waals surface area contributed by atoms with Gasteiger partial charge in [-0.1, -0.05) is 19.1 Å². The van der Waals surface area contributed by atoms with Gasteiger partial charge in [-0.3, -0.25) is 0 Å². The Morgan fingerprint density at radius 3 is 2.76 bits per heavy atom. The van der Waals surface area contributed by atoms with Crippen molar-refractivity contribution in [2.45, 2.75) is 63.7 Å². The van der Waals surface area contributed by atoms with Crippen molar-refractivity contribution < 1.29 is 9.47 Å². The van der Waals surface area contributed by atoms with E-state index in [0.29, 0.717) is 6.10 Å². The highest BCUT2D eigenvalue weighted by molar-refractivity contribution is 5.27. The van der Waals surface area contributed by atoms with E-state index in [0.717, 1.165) is 38.3 Å². The molecule has 0 radical (unpaired) electrons. The number of benzene rings is 1. The van der Waals surface area contributed by atoms with E-state index < -0.39 is 0 Å². The monoisotopic (exact) mass is 289 g/mol. The molecular weight excluding hydrogens is 262 g/mol. The van der Waals surface area contributed by atoms with Crippen LogP contribution in [-0.2, 0) is 11.3 Å². The summed E-state index contributed by atoms with van der Waals surface area (Å²) < 4.78 is 12.1. The first-order valence-electron chi connectivity index (χ1n) is 8.40. The highest BCUT2D eigenvalue weighted by Gasteiger charge is 2.43. The Bertz CT molecular complexity index is 439. The third-order valence-corrected chi connectivity index (χ3v) is 4.69. The molecule has 21 heavy (non-hydrogen) atoms. The lowest BCUT2D eigenvalue weighted by molar-refractivity contribution is -0.153. The molecule has 1 atom stereocenters. The number of hydrogen-bond acceptors (Lipinski definition) is 3. The van der Waals surface area contributed by atoms with Gasteiger partial charge in [-0.2, -0.15) is 0 Å². The zero-order valence-corrected chi connectivity index (χ0v) is 13.1. The van der Waals surface area contributed by atoms with Crippen LogP contribution in [0.5, 0.6) is 5.75 Å². The summed E-state index contributed by atoms with van der Waals surface area (Å²) in [5.41, 5.74) is 1.48. The summed E-state index contributed by atoms with van der Waals surface area (Å²) in [6, 6.07) is 8.53. The molecule has 0 bridgehead atoms. The van der Waals surface area contributed by atoms with Crippen LogP contribution in [-0.4, -0.2) is 24.9 Å². The van der Waals surface area contributed by atoms with Gasteiger partial charge in [0.1, 0.15) is 11.9 Å². The molecule has 1 heterocycles. The second kappa shape index (κ2) is 6.80. The van der Waals surface area contributed by atoms with Crippen molar-refractivity contribution in [1.82, 2.24) is 5.32 Å². The van der Waals surface area contributed by atoms with Crippen molar-refractivity contribution in [3.8, 4) is 5.75 Å². The molecular formula is C18H27NO2. The molecule has 1 aliphatic heterocycles. The zero-order chi connectivity index (χ0) is 14.5. The van der Waals surface area contributed by atoms with Crippen LogP contribution >= 0.6 is 0 Å². The molecule has 116 valence electrons. The topological polar surface area (TPSA) is 30.5 Å². The van der Waals surface area contributed by atoms with Crippen LogP contribution in [0.2, 0.25) is 0 Å². The number of ether oxygens (including phenoxy) is 2. The fourth-order valence-corrected chi connectivity index (χ4v) is 3.29. The molecule has 1 N–H and O–H groups in total. The summed E-state index contributed by atoms with van der Waals surface area (Å²) in [7, 11) is 0. The van der Waals surface area contributed by atoms with E-state index in [9.17, 15) is 0 Å². The molecule has 1 aliphatic carbocycles. The van der Waals surface area contributed by atoms with Crippen molar-refractivity contribution >= 4 is 0 Å².